The van der Waals surface area contributed by atoms with Crippen LogP contribution in [-0.2, 0) is 0 Å². The van der Waals surface area contributed by atoms with Crippen molar-refractivity contribution in [1.29, 1.82) is 0 Å². The van der Waals surface area contributed by atoms with E-state index in [1.807, 2.05) is 0 Å². The average molecular weight is 244 g/mol. The molecule has 16 heavy (non-hydrogen) atoms. The van der Waals surface area contributed by atoms with Crippen molar-refractivity contribution >= 4 is 11.6 Å². The van der Waals surface area contributed by atoms with Crippen LogP contribution in [0, 0.1) is 11.7 Å². The van der Waals surface area contributed by atoms with Gasteiger partial charge in [0.15, 0.2) is 0 Å². The van der Waals surface area contributed by atoms with Crippen LogP contribution in [0.4, 0.5) is 4.39 Å². The van der Waals surface area contributed by atoms with E-state index in [-0.39, 0.29) is 11.1 Å². The van der Waals surface area contributed by atoms with Crippen LogP contribution in [0.5, 0.6) is 0 Å². The van der Waals surface area contributed by atoms with Gasteiger partial charge in [-0.05, 0) is 24.0 Å². The van der Waals surface area contributed by atoms with E-state index in [0.717, 1.165) is 19.3 Å². The molecule has 90 valence electrons. The molecule has 0 fully saturated rings. The van der Waals surface area contributed by atoms with Gasteiger partial charge < -0.3 is 5.73 Å². The Balaban J connectivity index is 2.72. The maximum absolute atomic E-state index is 13.2. The van der Waals surface area contributed by atoms with Crippen molar-refractivity contribution in [2.45, 2.75) is 39.2 Å². The Labute approximate surface area is 102 Å². The van der Waals surface area contributed by atoms with Gasteiger partial charge in [0.2, 0.25) is 0 Å². The van der Waals surface area contributed by atoms with Crippen LogP contribution in [-0.4, -0.2) is 0 Å². The molecule has 0 spiro atoms. The van der Waals surface area contributed by atoms with Crippen LogP contribution in [0.25, 0.3) is 0 Å². The number of halogens is 2. The second-order valence-corrected chi connectivity index (χ2v) is 4.76. The maximum Gasteiger partial charge on any atom is 0.142 e. The van der Waals surface area contributed by atoms with Gasteiger partial charge in [0.05, 0.1) is 5.02 Å². The highest BCUT2D eigenvalue weighted by Gasteiger charge is 2.15. The molecule has 0 bridgehead atoms. The highest BCUT2D eigenvalue weighted by Crippen LogP contribution is 2.28. The first-order valence-corrected chi connectivity index (χ1v) is 6.13. The molecular formula is C13H19ClFN. The molecule has 0 aliphatic rings. The number of hydrogen-bond acceptors (Lipinski definition) is 1. The van der Waals surface area contributed by atoms with Crippen molar-refractivity contribution in [3.8, 4) is 0 Å². The highest BCUT2D eigenvalue weighted by molar-refractivity contribution is 6.31. The standard InChI is InChI=1S/C13H19ClFN/c1-3-5-9(2)8-12(16)10-6-4-7-11(15)13(10)14/h4,6-7,9,12H,3,5,8,16H2,1-2H3. The lowest BCUT2D eigenvalue weighted by Gasteiger charge is -2.18. The van der Waals surface area contributed by atoms with Crippen LogP contribution >= 0.6 is 11.6 Å². The van der Waals surface area contributed by atoms with Gasteiger partial charge in [0.25, 0.3) is 0 Å². The van der Waals surface area contributed by atoms with Crippen molar-refractivity contribution in [3.63, 3.8) is 0 Å². The van der Waals surface area contributed by atoms with Crippen LogP contribution in [0.3, 0.4) is 0 Å². The van der Waals surface area contributed by atoms with Gasteiger partial charge in [0, 0.05) is 6.04 Å². The van der Waals surface area contributed by atoms with Crippen molar-refractivity contribution in [2.75, 3.05) is 0 Å². The van der Waals surface area contributed by atoms with Gasteiger partial charge in [-0.25, -0.2) is 4.39 Å². The lowest BCUT2D eigenvalue weighted by Crippen LogP contribution is -2.15. The topological polar surface area (TPSA) is 26.0 Å². The predicted molar refractivity (Wildman–Crippen MR) is 67.0 cm³/mol. The molecule has 1 aromatic carbocycles. The highest BCUT2D eigenvalue weighted by atomic mass is 35.5. The molecule has 0 heterocycles. The summed E-state index contributed by atoms with van der Waals surface area (Å²) in [5, 5.41) is 0.165. The van der Waals surface area contributed by atoms with Crippen molar-refractivity contribution < 1.29 is 4.39 Å². The summed E-state index contributed by atoms with van der Waals surface area (Å²) in [6.07, 6.45) is 3.13. The molecule has 1 aromatic rings. The van der Waals surface area contributed by atoms with Crippen molar-refractivity contribution in [2.24, 2.45) is 11.7 Å². The maximum atomic E-state index is 13.2. The van der Waals surface area contributed by atoms with Gasteiger partial charge in [-0.2, -0.15) is 0 Å². The van der Waals surface area contributed by atoms with Crippen molar-refractivity contribution in [3.05, 3.63) is 34.6 Å². The number of nitrogens with two attached hydrogens (primary N) is 1. The van der Waals surface area contributed by atoms with E-state index in [9.17, 15) is 4.39 Å². The predicted octanol–water partition coefficient (Wildman–Crippen LogP) is 4.31. The van der Waals surface area contributed by atoms with E-state index in [2.05, 4.69) is 13.8 Å². The van der Waals surface area contributed by atoms with E-state index in [0.29, 0.717) is 11.5 Å². The summed E-state index contributed by atoms with van der Waals surface area (Å²) in [7, 11) is 0. The van der Waals surface area contributed by atoms with Gasteiger partial charge in [-0.15, -0.1) is 0 Å². The van der Waals surface area contributed by atoms with Crippen LogP contribution < -0.4 is 5.73 Å². The third-order valence-electron chi connectivity index (χ3n) is 2.82. The number of rotatable bonds is 5. The zero-order valence-electron chi connectivity index (χ0n) is 9.84. The normalized spacial score (nSPS) is 14.8. The lowest BCUT2D eigenvalue weighted by molar-refractivity contribution is 0.439. The van der Waals surface area contributed by atoms with Gasteiger partial charge in [0.1, 0.15) is 5.82 Å². The van der Waals surface area contributed by atoms with Gasteiger partial charge >= 0.3 is 0 Å². The first-order chi connectivity index (χ1) is 7.56. The Morgan fingerprint density at radius 2 is 2.12 bits per heavy atom. The molecule has 0 saturated carbocycles. The van der Waals surface area contributed by atoms with Crippen molar-refractivity contribution in [1.82, 2.24) is 0 Å². The Hall–Kier alpha value is -0.600. The van der Waals surface area contributed by atoms with E-state index in [4.69, 9.17) is 17.3 Å². The number of benzene rings is 1. The Morgan fingerprint density at radius 3 is 2.75 bits per heavy atom. The van der Waals surface area contributed by atoms with Gasteiger partial charge in [-0.3, -0.25) is 0 Å². The molecule has 1 rings (SSSR count). The summed E-state index contributed by atoms with van der Waals surface area (Å²) in [5.74, 6) is 0.150. The average Bonchev–Trinajstić information content (AvgIpc) is 2.22. The van der Waals surface area contributed by atoms with E-state index in [1.165, 1.54) is 6.07 Å². The smallest absolute Gasteiger partial charge is 0.142 e. The minimum atomic E-state index is -0.391. The molecule has 2 N–H and O–H groups in total. The van der Waals surface area contributed by atoms with E-state index < -0.39 is 5.82 Å². The van der Waals surface area contributed by atoms with Crippen LogP contribution in [0.1, 0.15) is 44.7 Å². The van der Waals surface area contributed by atoms with E-state index >= 15 is 0 Å². The fraction of sp³-hybridized carbons (Fsp3) is 0.538. The second kappa shape index (κ2) is 6.21. The Bertz CT molecular complexity index is 341. The van der Waals surface area contributed by atoms with Crippen LogP contribution in [0.2, 0.25) is 5.02 Å². The monoisotopic (exact) mass is 243 g/mol. The molecular weight excluding hydrogens is 225 g/mol. The first-order valence-electron chi connectivity index (χ1n) is 5.75. The summed E-state index contributed by atoms with van der Waals surface area (Å²) in [6.45, 7) is 4.31. The molecule has 0 radical (unpaired) electrons. The zero-order valence-corrected chi connectivity index (χ0v) is 10.6. The summed E-state index contributed by atoms with van der Waals surface area (Å²) >= 11 is 5.89. The quantitative estimate of drug-likeness (QED) is 0.820. The SMILES string of the molecule is CCCC(C)CC(N)c1cccc(F)c1Cl. The summed E-state index contributed by atoms with van der Waals surface area (Å²) in [6, 6.07) is 4.63. The van der Waals surface area contributed by atoms with Gasteiger partial charge in [-0.1, -0.05) is 50.4 Å². The largest absolute Gasteiger partial charge is 0.324 e. The summed E-state index contributed by atoms with van der Waals surface area (Å²) in [4.78, 5) is 0. The molecule has 2 unspecified atom stereocenters. The van der Waals surface area contributed by atoms with E-state index in [1.54, 1.807) is 12.1 Å². The second-order valence-electron chi connectivity index (χ2n) is 4.38. The fourth-order valence-corrected chi connectivity index (χ4v) is 2.24. The third kappa shape index (κ3) is 3.46. The molecule has 0 saturated heterocycles. The third-order valence-corrected chi connectivity index (χ3v) is 3.22. The molecule has 0 amide bonds. The molecule has 3 heteroatoms. The summed E-state index contributed by atoms with van der Waals surface area (Å²) < 4.78 is 13.2. The molecule has 1 nitrogen and oxygen atoms in total. The fourth-order valence-electron chi connectivity index (χ4n) is 1.98. The molecule has 0 aliphatic carbocycles. The minimum absolute atomic E-state index is 0.165. The summed E-state index contributed by atoms with van der Waals surface area (Å²) in [5.41, 5.74) is 6.76. The molecule has 0 aliphatic heterocycles. The zero-order chi connectivity index (χ0) is 12.1. The molecule has 2 atom stereocenters. The van der Waals surface area contributed by atoms with Crippen LogP contribution in [0.15, 0.2) is 18.2 Å². The first kappa shape index (κ1) is 13.5. The Morgan fingerprint density at radius 1 is 1.44 bits per heavy atom. The Kier molecular flexibility index (Phi) is 5.23. The molecule has 0 aromatic heterocycles. The lowest BCUT2D eigenvalue weighted by atomic mass is 9.93. The number of hydrogen-bond donors (Lipinski definition) is 1. The minimum Gasteiger partial charge on any atom is -0.324 e.